The van der Waals surface area contributed by atoms with Gasteiger partial charge in [0.1, 0.15) is 116 Å². The van der Waals surface area contributed by atoms with Crippen LogP contribution in [0, 0.1) is 5.92 Å². The number of carboxylic acids is 1. The molecule has 0 spiro atoms. The standard InChI is InChI=1S/C72H114N5O40P/c1-7-34(24-36(82)8-2)25-46(87)76-53-63(112-50(91)11-5)57(95)43(33-106-68-54(77-48(89)27-37(9-3)107-49(90)10-4)65(113-51(92)12-6)62(42(32-81)109-68)117-118(101,102)103)111-67(53)104-22-20-73-44(85)18-19-45(86)74-21-23-105-69-59(97)58(96)61(41(31-80)110-69)114-70-60(98)66(56(94)40(30-79)108-70)116-72(71(99)100)28-38(83)52(64(115-72)55(93)39(84)29-78)75-47(88)26-35-16-14-13-15-17-35/h13-17,34,37-43,52-70,78-81,83-84,93-98H,7-12,18-33H2,1-6H3,(H,73,85)(H,74,86)(H,75,88)(H,76,87)(H,77,89)(H,99,100)(H2,101,102,103)/t34-,37+,38?,39+,40?,41?,42?,43?,52+,53?,54?,55+,56-,57+,58+,59?,60?,61+,62+,63+,64?,65+,66-,67+,68+,69+,70-,72-/m0/s1. The number of phosphoric ester groups is 1. The molecule has 45 nitrogen and oxygen atoms in total. The summed E-state index contributed by atoms with van der Waals surface area (Å²) >= 11 is 0. The number of aliphatic hydroxyl groups is 12. The molecule has 1 aromatic carbocycles. The van der Waals surface area contributed by atoms with E-state index in [1.54, 1.807) is 51.1 Å². The van der Waals surface area contributed by atoms with Crippen molar-refractivity contribution in [3.63, 3.8) is 0 Å². The SMILES string of the molecule is CCC(=O)C[C@H](CC)CC(=O)NC1[C@H](OCCNC(=O)CCC(=O)NCCO[C@@H]2OC(CO)[C@@H](O[C@@H]3OC(CO)[C@H](O)[C@H](O[C@]4(C(=O)O)CC(O)[C@@H](NC(=O)Cc5ccccc5)C([C@H](O)[C@H](O)CO)O4)C3O)[C@H](O)C2O)OC(CO[C@@H]2OC(CO)[C@@H](OP(=O)(O)O)[C@H](OC(=O)CC)C2NC(=O)C[C@@H](CC)OC(=O)CC)[C@@H](O)[C@@H]1OC(=O)CC. The van der Waals surface area contributed by atoms with E-state index in [1.807, 2.05) is 0 Å². The fraction of sp³-hybridized carbons (Fsp3) is 0.778. The average Bonchev–Trinajstić information content (AvgIpc) is 0.751. The maximum Gasteiger partial charge on any atom is 0.470 e. The molecule has 0 aliphatic carbocycles. The number of carboxylic acid groups (broad SMARTS) is 1. The number of carbonyl (C=O) groups excluding carboxylic acids is 9. The van der Waals surface area contributed by atoms with Crippen molar-refractivity contribution >= 4 is 67.0 Å². The Balaban J connectivity index is 1.08. The minimum absolute atomic E-state index is 0.0284. The third-order valence-electron chi connectivity index (χ3n) is 20.0. The van der Waals surface area contributed by atoms with Crippen LogP contribution in [0.15, 0.2) is 30.3 Å². The molecule has 5 amide bonds. The molecule has 0 saturated carbocycles. The quantitative estimate of drug-likeness (QED) is 0.0125. The largest absolute Gasteiger partial charge is 0.477 e. The number of carbonyl (C=O) groups is 10. The zero-order valence-electron chi connectivity index (χ0n) is 65.9. The van der Waals surface area contributed by atoms with Crippen molar-refractivity contribution in [2.24, 2.45) is 5.92 Å². The Bertz CT molecular complexity index is 3420. The van der Waals surface area contributed by atoms with Crippen molar-refractivity contribution in [3.05, 3.63) is 35.9 Å². The zero-order chi connectivity index (χ0) is 87.5. The second-order valence-electron chi connectivity index (χ2n) is 28.6. The summed E-state index contributed by atoms with van der Waals surface area (Å²) in [5.74, 6) is -12.3. The lowest BCUT2D eigenvalue weighted by Crippen LogP contribution is -2.71. The van der Waals surface area contributed by atoms with E-state index in [9.17, 15) is 129 Å². The summed E-state index contributed by atoms with van der Waals surface area (Å²) in [6.07, 6.45) is -47.6. The maximum atomic E-state index is 13.9. The van der Waals surface area contributed by atoms with Crippen molar-refractivity contribution in [2.75, 3.05) is 59.3 Å². The van der Waals surface area contributed by atoms with Gasteiger partial charge in [0.15, 0.2) is 37.4 Å². The average molecular weight is 1720 g/mol. The molecule has 1 aromatic rings. The number of benzene rings is 1. The number of ketones is 1. The number of aliphatic carboxylic acids is 1. The lowest BCUT2D eigenvalue weighted by Gasteiger charge is -2.50. The molecule has 0 bridgehead atoms. The first-order chi connectivity index (χ1) is 56.0. The number of hydrogen-bond acceptors (Lipinski definition) is 37. The van der Waals surface area contributed by atoms with Crippen LogP contribution in [0.4, 0.5) is 0 Å². The number of nitrogens with one attached hydrogen (secondary N) is 5. The third-order valence-corrected chi connectivity index (χ3v) is 20.5. The van der Waals surface area contributed by atoms with Gasteiger partial charge in [-0.15, -0.1) is 0 Å². The molecule has 5 saturated heterocycles. The molecule has 5 fully saturated rings. The van der Waals surface area contributed by atoms with Gasteiger partial charge in [0.25, 0.3) is 5.79 Å². The first-order valence-corrected chi connectivity index (χ1v) is 40.4. The van der Waals surface area contributed by atoms with E-state index >= 15 is 0 Å². The van der Waals surface area contributed by atoms with E-state index in [0.717, 1.165) is 0 Å². The minimum atomic E-state index is -5.53. The smallest absolute Gasteiger partial charge is 0.470 e. The molecule has 672 valence electrons. The van der Waals surface area contributed by atoms with Crippen molar-refractivity contribution in [3.8, 4) is 0 Å². The van der Waals surface area contributed by atoms with Gasteiger partial charge >= 0.3 is 31.7 Å². The van der Waals surface area contributed by atoms with Crippen LogP contribution in [0.5, 0.6) is 0 Å². The van der Waals surface area contributed by atoms with Gasteiger partial charge in [-0.1, -0.05) is 78.3 Å². The highest BCUT2D eigenvalue weighted by Gasteiger charge is 2.61. The monoisotopic (exact) mass is 1720 g/mol. The number of Topliss-reactive ketones (excluding diaryl/α,β-unsaturated/α-hetero) is 1. The van der Waals surface area contributed by atoms with E-state index in [2.05, 4.69) is 26.6 Å². The van der Waals surface area contributed by atoms with Gasteiger partial charge in [0, 0.05) is 70.9 Å². The summed E-state index contributed by atoms with van der Waals surface area (Å²) in [7, 11) is -5.53. The highest BCUT2D eigenvalue weighted by molar-refractivity contribution is 7.46. The van der Waals surface area contributed by atoms with Crippen LogP contribution in [-0.2, 0) is 125 Å². The Morgan fingerprint density at radius 3 is 1.62 bits per heavy atom. The van der Waals surface area contributed by atoms with Crippen LogP contribution in [-0.4, -0.2) is 360 Å². The van der Waals surface area contributed by atoms with E-state index in [-0.39, 0.29) is 70.2 Å². The molecular formula is C72H114N5O40P. The highest BCUT2D eigenvalue weighted by atomic mass is 31.2. The number of rotatable bonds is 47. The van der Waals surface area contributed by atoms with E-state index in [1.165, 1.54) is 20.8 Å². The van der Waals surface area contributed by atoms with Crippen molar-refractivity contribution in [2.45, 2.75) is 290 Å². The number of ether oxygens (including phenoxy) is 13. The summed E-state index contributed by atoms with van der Waals surface area (Å²) in [6.45, 7) is 2.49. The number of aliphatic hydroxyl groups excluding tert-OH is 12. The first kappa shape index (κ1) is 100. The predicted octanol–water partition coefficient (Wildman–Crippen LogP) is -7.13. The molecular weight excluding hydrogens is 1610 g/mol. The van der Waals surface area contributed by atoms with Crippen LogP contribution < -0.4 is 26.6 Å². The van der Waals surface area contributed by atoms with Crippen LogP contribution in [0.3, 0.4) is 0 Å². The lowest BCUT2D eigenvalue weighted by atomic mass is 9.88. The molecule has 118 heavy (non-hydrogen) atoms. The van der Waals surface area contributed by atoms with Gasteiger partial charge in [-0.3, -0.25) is 47.7 Å². The third kappa shape index (κ3) is 28.7. The van der Waals surface area contributed by atoms with Gasteiger partial charge in [-0.2, -0.15) is 0 Å². The summed E-state index contributed by atoms with van der Waals surface area (Å²) < 4.78 is 92.6. The van der Waals surface area contributed by atoms with Gasteiger partial charge < -0.3 is 164 Å². The van der Waals surface area contributed by atoms with Gasteiger partial charge in [-0.05, 0) is 17.9 Å². The van der Waals surface area contributed by atoms with Crippen LogP contribution in [0.25, 0.3) is 0 Å². The summed E-state index contributed by atoms with van der Waals surface area (Å²) in [6, 6.07) is 3.09. The van der Waals surface area contributed by atoms with E-state index in [0.29, 0.717) is 12.0 Å². The Kier molecular flexibility index (Phi) is 41.0. The molecule has 6 rings (SSSR count). The fourth-order valence-corrected chi connectivity index (χ4v) is 14.0. The topological polar surface area (TPSA) is 681 Å². The van der Waals surface area contributed by atoms with E-state index in [4.69, 9.17) is 66.1 Å². The summed E-state index contributed by atoms with van der Waals surface area (Å²) in [5, 5.41) is 155. The Hall–Kier alpha value is -6.65. The predicted molar refractivity (Wildman–Crippen MR) is 390 cm³/mol. The molecule has 0 aromatic heterocycles. The molecule has 46 heteroatoms. The Morgan fingerprint density at radius 2 is 1.07 bits per heavy atom. The molecule has 5 aliphatic heterocycles. The lowest BCUT2D eigenvalue weighted by molar-refractivity contribution is -0.386. The second-order valence-corrected chi connectivity index (χ2v) is 29.7. The van der Waals surface area contributed by atoms with Crippen LogP contribution in [0.2, 0.25) is 0 Å². The van der Waals surface area contributed by atoms with Gasteiger partial charge in [-0.25, -0.2) is 9.36 Å². The van der Waals surface area contributed by atoms with Crippen LogP contribution >= 0.6 is 7.82 Å². The normalized spacial score (nSPS) is 32.2. The zero-order valence-corrected chi connectivity index (χ0v) is 66.8. The van der Waals surface area contributed by atoms with E-state index < -0.39 is 304 Å². The number of amides is 5. The Labute approximate surface area is 677 Å². The molecule has 5 heterocycles. The van der Waals surface area contributed by atoms with Crippen LogP contribution in [0.1, 0.15) is 124 Å². The molecule has 28 atom stereocenters. The highest BCUT2D eigenvalue weighted by Crippen LogP contribution is 2.44. The molecule has 5 aliphatic rings. The van der Waals surface area contributed by atoms with Gasteiger partial charge in [0.2, 0.25) is 29.5 Å². The molecule has 0 radical (unpaired) electrons. The molecule has 20 N–H and O–H groups in total. The minimum Gasteiger partial charge on any atom is -0.477 e. The number of esters is 3. The summed E-state index contributed by atoms with van der Waals surface area (Å²) in [4.78, 5) is 151. The number of hydrogen-bond donors (Lipinski definition) is 20. The van der Waals surface area contributed by atoms with Crippen molar-refractivity contribution < 1.29 is 195 Å². The first-order valence-electron chi connectivity index (χ1n) is 38.9. The fourth-order valence-electron chi connectivity index (χ4n) is 13.5. The molecule has 10 unspecified atom stereocenters. The van der Waals surface area contributed by atoms with Crippen molar-refractivity contribution in [1.29, 1.82) is 0 Å². The second kappa shape index (κ2) is 48.3. The summed E-state index contributed by atoms with van der Waals surface area (Å²) in [5.41, 5.74) is 0.500. The Morgan fingerprint density at radius 1 is 0.542 bits per heavy atom. The number of phosphoric acid groups is 1. The maximum absolute atomic E-state index is 13.9. The van der Waals surface area contributed by atoms with Gasteiger partial charge in [0.05, 0.1) is 71.2 Å². The van der Waals surface area contributed by atoms with Crippen molar-refractivity contribution in [1.82, 2.24) is 26.6 Å².